The summed E-state index contributed by atoms with van der Waals surface area (Å²) in [6, 6.07) is 10.5. The van der Waals surface area contributed by atoms with E-state index in [0.717, 1.165) is 0 Å². The molecule has 0 aliphatic rings. The van der Waals surface area contributed by atoms with Crippen LogP contribution in [0.2, 0.25) is 0 Å². The van der Waals surface area contributed by atoms with Crippen molar-refractivity contribution >= 4 is 23.1 Å². The lowest BCUT2D eigenvalue weighted by Crippen LogP contribution is -2.14. The third-order valence-electron chi connectivity index (χ3n) is 2.85. The van der Waals surface area contributed by atoms with Crippen LogP contribution in [-0.2, 0) is 0 Å². The first kappa shape index (κ1) is 13.7. The number of Topliss-reactive ketones (excluding diaryl/α,β-unsaturated/α-hetero) is 1. The zero-order valence-electron chi connectivity index (χ0n) is 10.8. The minimum atomic E-state index is -0.635. The number of carbonyl (C=O) groups is 2. The van der Waals surface area contributed by atoms with E-state index in [2.05, 4.69) is 5.32 Å². The third kappa shape index (κ3) is 2.83. The van der Waals surface area contributed by atoms with Gasteiger partial charge in [0.2, 0.25) is 0 Å². The van der Waals surface area contributed by atoms with Crippen LogP contribution in [0.3, 0.4) is 0 Å². The van der Waals surface area contributed by atoms with E-state index in [0.29, 0.717) is 11.3 Å². The summed E-state index contributed by atoms with van der Waals surface area (Å²) in [4.78, 5) is 23.1. The van der Waals surface area contributed by atoms with Crippen LogP contribution in [0.15, 0.2) is 42.5 Å². The average molecular weight is 272 g/mol. The molecule has 0 fully saturated rings. The number of rotatable bonds is 3. The molecular weight excluding hydrogens is 259 g/mol. The highest BCUT2D eigenvalue weighted by Gasteiger charge is 2.12. The number of hydrogen-bond acceptors (Lipinski definition) is 3. The molecule has 0 saturated carbocycles. The Morgan fingerprint density at radius 1 is 1.10 bits per heavy atom. The molecule has 5 heteroatoms. The number of para-hydroxylation sites is 1. The zero-order chi connectivity index (χ0) is 14.7. The van der Waals surface area contributed by atoms with Gasteiger partial charge in [-0.2, -0.15) is 0 Å². The van der Waals surface area contributed by atoms with E-state index >= 15 is 0 Å². The third-order valence-corrected chi connectivity index (χ3v) is 2.85. The quantitative estimate of drug-likeness (QED) is 0.666. The number of carbonyl (C=O) groups excluding carboxylic acids is 2. The Labute approximate surface area is 115 Å². The summed E-state index contributed by atoms with van der Waals surface area (Å²) < 4.78 is 13.3. The van der Waals surface area contributed by atoms with Crippen LogP contribution in [0.4, 0.5) is 15.8 Å². The lowest BCUT2D eigenvalue weighted by molar-refractivity contribution is 0.101. The first-order chi connectivity index (χ1) is 9.49. The number of anilines is 2. The molecule has 20 heavy (non-hydrogen) atoms. The zero-order valence-corrected chi connectivity index (χ0v) is 10.8. The maximum atomic E-state index is 13.3. The van der Waals surface area contributed by atoms with Gasteiger partial charge in [-0.1, -0.05) is 6.07 Å². The number of amides is 1. The fourth-order valence-electron chi connectivity index (χ4n) is 1.72. The predicted octanol–water partition coefficient (Wildman–Crippen LogP) is 2.86. The van der Waals surface area contributed by atoms with Crippen molar-refractivity contribution < 1.29 is 14.0 Å². The van der Waals surface area contributed by atoms with Crippen LogP contribution in [0, 0.1) is 5.82 Å². The Morgan fingerprint density at radius 3 is 2.35 bits per heavy atom. The largest absolute Gasteiger partial charge is 0.396 e. The molecule has 102 valence electrons. The van der Waals surface area contributed by atoms with E-state index in [9.17, 15) is 14.0 Å². The van der Waals surface area contributed by atoms with Gasteiger partial charge in [-0.05, 0) is 43.3 Å². The second-order valence-corrected chi connectivity index (χ2v) is 4.29. The maximum absolute atomic E-state index is 13.3. The number of hydrogen-bond donors (Lipinski definition) is 2. The molecule has 0 aliphatic heterocycles. The van der Waals surface area contributed by atoms with Gasteiger partial charge in [0.05, 0.1) is 11.3 Å². The van der Waals surface area contributed by atoms with Crippen molar-refractivity contribution in [1.29, 1.82) is 0 Å². The van der Waals surface area contributed by atoms with Crippen LogP contribution in [0.25, 0.3) is 0 Å². The van der Waals surface area contributed by atoms with Crippen molar-refractivity contribution in [3.63, 3.8) is 0 Å². The van der Waals surface area contributed by atoms with Crippen LogP contribution in [-0.4, -0.2) is 11.7 Å². The highest BCUT2D eigenvalue weighted by Crippen LogP contribution is 2.18. The number of halogens is 1. The topological polar surface area (TPSA) is 72.2 Å². The highest BCUT2D eigenvalue weighted by atomic mass is 19.1. The first-order valence-electron chi connectivity index (χ1n) is 5.95. The maximum Gasteiger partial charge on any atom is 0.257 e. The Bertz CT molecular complexity index is 666. The van der Waals surface area contributed by atoms with Gasteiger partial charge in [0, 0.05) is 11.3 Å². The summed E-state index contributed by atoms with van der Waals surface area (Å²) in [6.45, 7) is 1.46. The fraction of sp³-hybridized carbons (Fsp3) is 0.0667. The standard InChI is InChI=1S/C15H13FN2O2/c1-9(19)10-5-7-11(8-6-10)18-15(20)12-3-2-4-13(16)14(12)17/h2-8H,17H2,1H3,(H,18,20). The first-order valence-corrected chi connectivity index (χ1v) is 5.95. The number of nitrogens with two attached hydrogens (primary N) is 1. The van der Waals surface area contributed by atoms with Gasteiger partial charge in [0.1, 0.15) is 5.82 Å². The molecule has 0 spiro atoms. The molecule has 0 aliphatic carbocycles. The normalized spacial score (nSPS) is 10.1. The van der Waals surface area contributed by atoms with Gasteiger partial charge in [-0.25, -0.2) is 4.39 Å². The molecule has 1 amide bonds. The average Bonchev–Trinajstić information content (AvgIpc) is 2.42. The monoisotopic (exact) mass is 272 g/mol. The molecule has 3 N–H and O–H groups in total. The van der Waals surface area contributed by atoms with Gasteiger partial charge in [-0.3, -0.25) is 9.59 Å². The molecule has 0 radical (unpaired) electrons. The van der Waals surface area contributed by atoms with Crippen molar-refractivity contribution in [2.24, 2.45) is 0 Å². The molecular formula is C15H13FN2O2. The Morgan fingerprint density at radius 2 is 1.75 bits per heavy atom. The molecule has 2 aromatic rings. The van der Waals surface area contributed by atoms with E-state index in [-0.39, 0.29) is 17.0 Å². The van der Waals surface area contributed by atoms with Gasteiger partial charge < -0.3 is 11.1 Å². The Kier molecular flexibility index (Phi) is 3.79. The summed E-state index contributed by atoms with van der Waals surface area (Å²) >= 11 is 0. The second kappa shape index (κ2) is 5.52. The van der Waals surface area contributed by atoms with Crippen LogP contribution in [0.1, 0.15) is 27.6 Å². The van der Waals surface area contributed by atoms with Crippen molar-refractivity contribution in [3.8, 4) is 0 Å². The van der Waals surface area contributed by atoms with Crippen molar-refractivity contribution in [2.45, 2.75) is 6.92 Å². The number of benzene rings is 2. The van der Waals surface area contributed by atoms with Crippen molar-refractivity contribution in [1.82, 2.24) is 0 Å². The predicted molar refractivity (Wildman–Crippen MR) is 75.2 cm³/mol. The molecule has 0 atom stereocenters. The Balaban J connectivity index is 2.19. The number of nitrogens with one attached hydrogen (secondary N) is 1. The summed E-state index contributed by atoms with van der Waals surface area (Å²) in [7, 11) is 0. The van der Waals surface area contributed by atoms with Gasteiger partial charge >= 0.3 is 0 Å². The van der Waals surface area contributed by atoms with Gasteiger partial charge in [0.15, 0.2) is 5.78 Å². The lowest BCUT2D eigenvalue weighted by atomic mass is 10.1. The highest BCUT2D eigenvalue weighted by molar-refractivity contribution is 6.08. The number of ketones is 1. The van der Waals surface area contributed by atoms with Crippen LogP contribution in [0.5, 0.6) is 0 Å². The van der Waals surface area contributed by atoms with E-state index in [1.165, 1.54) is 25.1 Å². The van der Waals surface area contributed by atoms with E-state index in [1.807, 2.05) is 0 Å². The van der Waals surface area contributed by atoms with Crippen LogP contribution < -0.4 is 11.1 Å². The summed E-state index contributed by atoms with van der Waals surface area (Å²) in [5.74, 6) is -1.19. The molecule has 4 nitrogen and oxygen atoms in total. The second-order valence-electron chi connectivity index (χ2n) is 4.29. The number of nitrogen functional groups attached to an aromatic ring is 1. The van der Waals surface area contributed by atoms with Crippen molar-refractivity contribution in [2.75, 3.05) is 11.1 Å². The van der Waals surface area contributed by atoms with E-state index in [1.54, 1.807) is 24.3 Å². The molecule has 0 saturated heterocycles. The van der Waals surface area contributed by atoms with E-state index < -0.39 is 11.7 Å². The van der Waals surface area contributed by atoms with Crippen molar-refractivity contribution in [3.05, 3.63) is 59.4 Å². The molecule has 2 aromatic carbocycles. The molecule has 0 bridgehead atoms. The molecule has 0 heterocycles. The fourth-order valence-corrected chi connectivity index (χ4v) is 1.72. The molecule has 0 unspecified atom stereocenters. The van der Waals surface area contributed by atoms with E-state index in [4.69, 9.17) is 5.73 Å². The van der Waals surface area contributed by atoms with Crippen LogP contribution >= 0.6 is 0 Å². The summed E-state index contributed by atoms with van der Waals surface area (Å²) in [5, 5.41) is 2.60. The SMILES string of the molecule is CC(=O)c1ccc(NC(=O)c2cccc(F)c2N)cc1. The molecule has 0 aromatic heterocycles. The summed E-state index contributed by atoms with van der Waals surface area (Å²) in [6.07, 6.45) is 0. The molecule has 2 rings (SSSR count). The minimum Gasteiger partial charge on any atom is -0.396 e. The Hall–Kier alpha value is -2.69. The minimum absolute atomic E-state index is 0.0581. The lowest BCUT2D eigenvalue weighted by Gasteiger charge is -2.08. The summed E-state index contributed by atoms with van der Waals surface area (Å²) in [5.41, 5.74) is 6.45. The van der Waals surface area contributed by atoms with Gasteiger partial charge in [0.25, 0.3) is 5.91 Å². The smallest absolute Gasteiger partial charge is 0.257 e. The van der Waals surface area contributed by atoms with Gasteiger partial charge in [-0.15, -0.1) is 0 Å².